The molecule has 0 unspecified atom stereocenters. The van der Waals surface area contributed by atoms with Crippen LogP contribution in [0.1, 0.15) is 0 Å². The first kappa shape index (κ1) is 10.4. The van der Waals surface area contributed by atoms with Gasteiger partial charge in [-0.15, -0.1) is 0 Å². The number of hydrogen-bond donors (Lipinski definition) is 1. The molecule has 16 heavy (non-hydrogen) atoms. The fraction of sp³-hybridized carbons (Fsp3) is 0.182. The summed E-state index contributed by atoms with van der Waals surface area (Å²) < 4.78 is 15.0. The summed E-state index contributed by atoms with van der Waals surface area (Å²) in [5.74, 6) is 0.317. The Morgan fingerprint density at radius 3 is 2.56 bits per heavy atom. The van der Waals surface area contributed by atoms with Crippen LogP contribution in [-0.2, 0) is 0 Å². The van der Waals surface area contributed by atoms with E-state index in [1.807, 2.05) is 0 Å². The van der Waals surface area contributed by atoms with E-state index in [2.05, 4.69) is 0 Å². The van der Waals surface area contributed by atoms with Gasteiger partial charge < -0.3 is 19.0 Å². The number of hydrogen-bond acceptors (Lipinski definition) is 5. The highest BCUT2D eigenvalue weighted by molar-refractivity contribution is 5.84. The third-order valence-corrected chi connectivity index (χ3v) is 2.20. The number of fused-ring (bicyclic) bond motifs is 1. The minimum Gasteiger partial charge on any atom is -0.507 e. The van der Waals surface area contributed by atoms with Crippen molar-refractivity contribution < 1.29 is 19.0 Å². The Morgan fingerprint density at radius 2 is 1.94 bits per heavy atom. The van der Waals surface area contributed by atoms with Gasteiger partial charge in [-0.05, 0) is 0 Å². The summed E-state index contributed by atoms with van der Waals surface area (Å²) >= 11 is 0. The Hall–Kier alpha value is -2.17. The van der Waals surface area contributed by atoms with Gasteiger partial charge in [0.05, 0.1) is 20.3 Å². The van der Waals surface area contributed by atoms with Crippen molar-refractivity contribution in [2.24, 2.45) is 0 Å². The molecule has 0 aliphatic carbocycles. The van der Waals surface area contributed by atoms with Crippen LogP contribution in [0, 0.1) is 0 Å². The first-order chi connectivity index (χ1) is 7.65. The van der Waals surface area contributed by atoms with Gasteiger partial charge in [-0.3, -0.25) is 4.79 Å². The van der Waals surface area contributed by atoms with Gasteiger partial charge in [-0.25, -0.2) is 0 Å². The molecule has 1 N–H and O–H groups in total. The maximum atomic E-state index is 11.6. The van der Waals surface area contributed by atoms with E-state index in [0.29, 0.717) is 5.75 Å². The molecule has 5 nitrogen and oxygen atoms in total. The SMILES string of the molecule is COc1cc(O)c2c(=O)cc(OC)oc2c1. The molecule has 0 radical (unpaired) electrons. The van der Waals surface area contributed by atoms with Crippen LogP contribution in [0.2, 0.25) is 0 Å². The largest absolute Gasteiger partial charge is 0.507 e. The van der Waals surface area contributed by atoms with Gasteiger partial charge in [-0.1, -0.05) is 0 Å². The molecule has 0 saturated carbocycles. The van der Waals surface area contributed by atoms with Crippen molar-refractivity contribution in [3.63, 3.8) is 0 Å². The van der Waals surface area contributed by atoms with Crippen molar-refractivity contribution in [1.29, 1.82) is 0 Å². The van der Waals surface area contributed by atoms with Crippen LogP contribution in [0.25, 0.3) is 11.0 Å². The number of ether oxygens (including phenoxy) is 2. The molecule has 0 aliphatic rings. The van der Waals surface area contributed by atoms with Gasteiger partial charge in [-0.2, -0.15) is 0 Å². The highest BCUT2D eigenvalue weighted by Crippen LogP contribution is 2.29. The molecule has 0 atom stereocenters. The average Bonchev–Trinajstić information content (AvgIpc) is 2.27. The molecule has 1 heterocycles. The zero-order chi connectivity index (χ0) is 11.7. The maximum Gasteiger partial charge on any atom is 0.288 e. The van der Waals surface area contributed by atoms with E-state index in [1.165, 1.54) is 32.4 Å². The lowest BCUT2D eigenvalue weighted by Gasteiger charge is -2.05. The molecule has 0 amide bonds. The van der Waals surface area contributed by atoms with E-state index in [0.717, 1.165) is 0 Å². The summed E-state index contributed by atoms with van der Waals surface area (Å²) in [6.07, 6.45) is 0. The fourth-order valence-electron chi connectivity index (χ4n) is 1.44. The molecule has 0 saturated heterocycles. The van der Waals surface area contributed by atoms with E-state index in [1.54, 1.807) is 0 Å². The van der Waals surface area contributed by atoms with Crippen molar-refractivity contribution in [3.05, 3.63) is 28.4 Å². The number of methoxy groups -OCH3 is 2. The third-order valence-electron chi connectivity index (χ3n) is 2.20. The summed E-state index contributed by atoms with van der Waals surface area (Å²) in [6, 6.07) is 4.04. The number of phenolic OH excluding ortho intramolecular Hbond substituents is 1. The second-order valence-electron chi connectivity index (χ2n) is 3.15. The Bertz CT molecular complexity index is 579. The molecule has 2 aromatic rings. The average molecular weight is 222 g/mol. The predicted octanol–water partition coefficient (Wildman–Crippen LogP) is 1.52. The Balaban J connectivity index is 2.84. The lowest BCUT2D eigenvalue weighted by Crippen LogP contribution is -2.01. The number of phenols is 1. The summed E-state index contributed by atoms with van der Waals surface area (Å²) in [4.78, 5) is 11.6. The van der Waals surface area contributed by atoms with Crippen LogP contribution < -0.4 is 14.9 Å². The summed E-state index contributed by atoms with van der Waals surface area (Å²) in [5, 5.41) is 9.76. The molecular formula is C11H10O5. The van der Waals surface area contributed by atoms with Gasteiger partial charge in [0.2, 0.25) is 0 Å². The smallest absolute Gasteiger partial charge is 0.288 e. The summed E-state index contributed by atoms with van der Waals surface area (Å²) in [6.45, 7) is 0. The highest BCUT2D eigenvalue weighted by atomic mass is 16.6. The first-order valence-corrected chi connectivity index (χ1v) is 4.54. The monoisotopic (exact) mass is 222 g/mol. The zero-order valence-electron chi connectivity index (χ0n) is 8.81. The van der Waals surface area contributed by atoms with Crippen molar-refractivity contribution in [3.8, 4) is 17.4 Å². The summed E-state index contributed by atoms with van der Waals surface area (Å²) in [7, 11) is 2.85. The molecule has 2 rings (SSSR count). The Kier molecular flexibility index (Phi) is 2.44. The topological polar surface area (TPSA) is 68.9 Å². The van der Waals surface area contributed by atoms with Crippen molar-refractivity contribution >= 4 is 11.0 Å². The van der Waals surface area contributed by atoms with Crippen LogP contribution in [0.3, 0.4) is 0 Å². The molecule has 84 valence electrons. The molecule has 0 bridgehead atoms. The van der Waals surface area contributed by atoms with Gasteiger partial charge in [0.25, 0.3) is 5.95 Å². The molecule has 0 spiro atoms. The minimum absolute atomic E-state index is 0.0881. The molecule has 0 aliphatic heterocycles. The molecule has 1 aromatic carbocycles. The number of rotatable bonds is 2. The van der Waals surface area contributed by atoms with Crippen molar-refractivity contribution in [2.75, 3.05) is 14.2 Å². The van der Waals surface area contributed by atoms with E-state index in [-0.39, 0.29) is 28.1 Å². The van der Waals surface area contributed by atoms with Crippen LogP contribution in [0.4, 0.5) is 0 Å². The lowest BCUT2D eigenvalue weighted by atomic mass is 10.2. The van der Waals surface area contributed by atoms with Gasteiger partial charge in [0.1, 0.15) is 22.5 Å². The quantitative estimate of drug-likeness (QED) is 0.834. The van der Waals surface area contributed by atoms with Crippen LogP contribution in [0.5, 0.6) is 17.4 Å². The Morgan fingerprint density at radius 1 is 1.19 bits per heavy atom. The van der Waals surface area contributed by atoms with E-state index in [9.17, 15) is 9.90 Å². The first-order valence-electron chi connectivity index (χ1n) is 4.54. The standard InChI is InChI=1S/C11H10O5/c1-14-6-3-7(12)11-8(13)5-10(15-2)16-9(11)4-6/h3-5,12H,1-2H3. The fourth-order valence-corrected chi connectivity index (χ4v) is 1.44. The maximum absolute atomic E-state index is 11.6. The lowest BCUT2D eigenvalue weighted by molar-refractivity contribution is 0.309. The van der Waals surface area contributed by atoms with Gasteiger partial charge in [0.15, 0.2) is 5.43 Å². The second kappa shape index (κ2) is 3.77. The molecule has 1 aromatic heterocycles. The third kappa shape index (κ3) is 1.56. The van der Waals surface area contributed by atoms with E-state index < -0.39 is 0 Å². The normalized spacial score (nSPS) is 10.4. The molecule has 5 heteroatoms. The van der Waals surface area contributed by atoms with Crippen LogP contribution in [-0.4, -0.2) is 19.3 Å². The minimum atomic E-state index is -0.363. The highest BCUT2D eigenvalue weighted by Gasteiger charge is 2.11. The van der Waals surface area contributed by atoms with Crippen molar-refractivity contribution in [2.45, 2.75) is 0 Å². The van der Waals surface area contributed by atoms with Crippen LogP contribution >= 0.6 is 0 Å². The summed E-state index contributed by atoms with van der Waals surface area (Å²) in [5.41, 5.74) is -0.139. The number of aromatic hydroxyl groups is 1. The predicted molar refractivity (Wildman–Crippen MR) is 57.3 cm³/mol. The zero-order valence-corrected chi connectivity index (χ0v) is 8.81. The molecule has 0 fully saturated rings. The Labute approximate surface area is 90.8 Å². The van der Waals surface area contributed by atoms with Gasteiger partial charge in [0, 0.05) is 12.1 Å². The van der Waals surface area contributed by atoms with Crippen LogP contribution in [0.15, 0.2) is 27.4 Å². The van der Waals surface area contributed by atoms with Crippen molar-refractivity contribution in [1.82, 2.24) is 0 Å². The van der Waals surface area contributed by atoms with E-state index >= 15 is 0 Å². The number of benzene rings is 1. The molecular weight excluding hydrogens is 212 g/mol. The second-order valence-corrected chi connectivity index (χ2v) is 3.15. The van der Waals surface area contributed by atoms with Gasteiger partial charge >= 0.3 is 0 Å². The van der Waals surface area contributed by atoms with E-state index in [4.69, 9.17) is 13.9 Å².